The molecule has 0 bridgehead atoms. The third kappa shape index (κ3) is 3.02. The van der Waals surface area contributed by atoms with Crippen LogP contribution in [-0.2, 0) is 0 Å². The summed E-state index contributed by atoms with van der Waals surface area (Å²) in [4.78, 5) is 21.4. The van der Waals surface area contributed by atoms with Gasteiger partial charge in [-0.1, -0.05) is 5.16 Å². The van der Waals surface area contributed by atoms with E-state index in [1.54, 1.807) is 11.0 Å². The minimum atomic E-state index is -0.815. The van der Waals surface area contributed by atoms with Crippen LogP contribution in [0.4, 0.5) is 0 Å². The molecule has 0 radical (unpaired) electrons. The Labute approximate surface area is 146 Å². The average Bonchev–Trinajstić information content (AvgIpc) is 3.28. The van der Waals surface area contributed by atoms with Crippen molar-refractivity contribution in [3.8, 4) is 0 Å². The van der Waals surface area contributed by atoms with E-state index >= 15 is 0 Å². The Morgan fingerprint density at radius 1 is 1.32 bits per heavy atom. The molecule has 7 heteroatoms. The third-order valence-electron chi connectivity index (χ3n) is 5.31. The summed E-state index contributed by atoms with van der Waals surface area (Å²) < 4.78 is 5.22. The van der Waals surface area contributed by atoms with Crippen molar-refractivity contribution in [2.75, 3.05) is 32.7 Å². The number of β-amino-alcohol motifs (C(OH)–C–C–N with tert-alkyl or cyclic N) is 1. The van der Waals surface area contributed by atoms with Crippen LogP contribution in [0.1, 0.15) is 41.0 Å². The summed E-state index contributed by atoms with van der Waals surface area (Å²) in [5.41, 5.74) is 1.53. The third-order valence-corrected chi connectivity index (χ3v) is 5.31. The Balaban J connectivity index is 1.57. The Morgan fingerprint density at radius 2 is 2.08 bits per heavy atom. The molecule has 2 aliphatic rings. The van der Waals surface area contributed by atoms with Crippen molar-refractivity contribution in [3.63, 3.8) is 0 Å². The van der Waals surface area contributed by atoms with Gasteiger partial charge in [0.2, 0.25) is 0 Å². The molecular weight excluding hydrogens is 320 g/mol. The molecule has 0 spiro atoms. The standard InChI is InChI=1S/C18H24N4O3/c1-12-9-14(15-13(2)20-25-16(15)19-12)17(23)22-8-5-18(24,11-22)10-21-6-3-4-7-21/h9,24H,3-8,10-11H2,1-2H3/t18-/m0/s1. The van der Waals surface area contributed by atoms with Gasteiger partial charge in [-0.25, -0.2) is 4.98 Å². The lowest BCUT2D eigenvalue weighted by Gasteiger charge is -2.28. The van der Waals surface area contributed by atoms with Crippen molar-refractivity contribution in [3.05, 3.63) is 23.0 Å². The van der Waals surface area contributed by atoms with Crippen LogP contribution in [0.5, 0.6) is 0 Å². The van der Waals surface area contributed by atoms with Crippen molar-refractivity contribution < 1.29 is 14.4 Å². The number of pyridine rings is 1. The Hall–Kier alpha value is -1.99. The minimum absolute atomic E-state index is 0.0841. The summed E-state index contributed by atoms with van der Waals surface area (Å²) in [6.45, 7) is 7.31. The predicted octanol–water partition coefficient (Wildman–Crippen LogP) is 1.51. The molecule has 4 heterocycles. The number of likely N-dealkylation sites (tertiary alicyclic amines) is 2. The number of carbonyl (C=O) groups excluding carboxylic acids is 1. The number of rotatable bonds is 3. The van der Waals surface area contributed by atoms with Gasteiger partial charge in [0.1, 0.15) is 0 Å². The van der Waals surface area contributed by atoms with E-state index in [0.29, 0.717) is 48.4 Å². The second-order valence-corrected chi connectivity index (χ2v) is 7.44. The van der Waals surface area contributed by atoms with Crippen molar-refractivity contribution in [1.82, 2.24) is 19.9 Å². The van der Waals surface area contributed by atoms with Crippen molar-refractivity contribution in [2.45, 2.75) is 38.7 Å². The largest absolute Gasteiger partial charge is 0.387 e. The monoisotopic (exact) mass is 344 g/mol. The van der Waals surface area contributed by atoms with Crippen molar-refractivity contribution in [1.29, 1.82) is 0 Å². The fourth-order valence-corrected chi connectivity index (χ4v) is 4.07. The molecule has 2 fully saturated rings. The maximum atomic E-state index is 13.1. The van der Waals surface area contributed by atoms with Crippen LogP contribution in [0.3, 0.4) is 0 Å². The zero-order valence-electron chi connectivity index (χ0n) is 14.8. The molecule has 2 aliphatic heterocycles. The molecule has 2 aromatic heterocycles. The second kappa shape index (κ2) is 6.07. The quantitative estimate of drug-likeness (QED) is 0.909. The lowest BCUT2D eigenvalue weighted by molar-refractivity contribution is 0.0176. The van der Waals surface area contributed by atoms with Crippen LogP contribution in [-0.4, -0.2) is 69.3 Å². The molecule has 0 aliphatic carbocycles. The van der Waals surface area contributed by atoms with Crippen LogP contribution in [0, 0.1) is 13.8 Å². The van der Waals surface area contributed by atoms with E-state index in [1.165, 1.54) is 12.8 Å². The fourth-order valence-electron chi connectivity index (χ4n) is 4.07. The van der Waals surface area contributed by atoms with Crippen LogP contribution < -0.4 is 0 Å². The van der Waals surface area contributed by atoms with E-state index in [-0.39, 0.29) is 5.91 Å². The number of aromatic nitrogens is 2. The van der Waals surface area contributed by atoms with Gasteiger partial charge in [0.15, 0.2) is 0 Å². The lowest BCUT2D eigenvalue weighted by atomic mass is 10.0. The average molecular weight is 344 g/mol. The Morgan fingerprint density at radius 3 is 2.84 bits per heavy atom. The summed E-state index contributed by atoms with van der Waals surface area (Å²) in [7, 11) is 0. The number of nitrogens with zero attached hydrogens (tertiary/aromatic N) is 4. The fraction of sp³-hybridized carbons (Fsp3) is 0.611. The van der Waals surface area contributed by atoms with Crippen molar-refractivity contribution >= 4 is 17.0 Å². The zero-order chi connectivity index (χ0) is 17.6. The Kier molecular flexibility index (Phi) is 4.00. The molecule has 1 amide bonds. The van der Waals surface area contributed by atoms with E-state index in [1.807, 2.05) is 13.8 Å². The molecular formula is C18H24N4O3. The van der Waals surface area contributed by atoms with Crippen LogP contribution in [0.25, 0.3) is 11.1 Å². The number of aryl methyl sites for hydroxylation is 2. The zero-order valence-corrected chi connectivity index (χ0v) is 14.8. The van der Waals surface area contributed by atoms with E-state index in [2.05, 4.69) is 15.0 Å². The van der Waals surface area contributed by atoms with E-state index in [4.69, 9.17) is 4.52 Å². The molecule has 134 valence electrons. The van der Waals surface area contributed by atoms with Crippen LogP contribution in [0.15, 0.2) is 10.6 Å². The molecule has 7 nitrogen and oxygen atoms in total. The summed E-state index contributed by atoms with van der Waals surface area (Å²) in [5, 5.41) is 15.5. The maximum absolute atomic E-state index is 13.1. The van der Waals surface area contributed by atoms with E-state index in [9.17, 15) is 9.90 Å². The van der Waals surface area contributed by atoms with Crippen molar-refractivity contribution in [2.24, 2.45) is 0 Å². The van der Waals surface area contributed by atoms with Gasteiger partial charge in [-0.2, -0.15) is 0 Å². The number of hydrogen-bond donors (Lipinski definition) is 1. The molecule has 25 heavy (non-hydrogen) atoms. The van der Waals surface area contributed by atoms with Gasteiger partial charge in [0, 0.05) is 18.8 Å². The molecule has 2 aromatic rings. The van der Waals surface area contributed by atoms with Gasteiger partial charge in [-0.05, 0) is 52.3 Å². The topological polar surface area (TPSA) is 82.7 Å². The molecule has 0 unspecified atom stereocenters. The highest BCUT2D eigenvalue weighted by Crippen LogP contribution is 2.28. The van der Waals surface area contributed by atoms with Crippen LogP contribution in [0.2, 0.25) is 0 Å². The number of fused-ring (bicyclic) bond motifs is 1. The minimum Gasteiger partial charge on any atom is -0.387 e. The summed E-state index contributed by atoms with van der Waals surface area (Å²) in [6.07, 6.45) is 3.00. The molecule has 0 saturated carbocycles. The predicted molar refractivity (Wildman–Crippen MR) is 92.4 cm³/mol. The van der Waals surface area contributed by atoms with Gasteiger partial charge >= 0.3 is 0 Å². The SMILES string of the molecule is Cc1cc(C(=O)N2CC[C@](O)(CN3CCCC3)C2)c2c(C)noc2n1. The first kappa shape index (κ1) is 16.5. The highest BCUT2D eigenvalue weighted by atomic mass is 16.5. The molecule has 2 saturated heterocycles. The molecule has 1 N–H and O–H groups in total. The molecule has 0 aromatic carbocycles. The highest BCUT2D eigenvalue weighted by Gasteiger charge is 2.40. The van der Waals surface area contributed by atoms with Gasteiger partial charge in [0.25, 0.3) is 11.6 Å². The first-order valence-electron chi connectivity index (χ1n) is 8.93. The van der Waals surface area contributed by atoms with Crippen LogP contribution >= 0.6 is 0 Å². The maximum Gasteiger partial charge on any atom is 0.258 e. The summed E-state index contributed by atoms with van der Waals surface area (Å²) >= 11 is 0. The molecule has 4 rings (SSSR count). The van der Waals surface area contributed by atoms with Gasteiger partial charge in [-0.15, -0.1) is 0 Å². The number of carbonyl (C=O) groups is 1. The normalized spacial score (nSPS) is 24.5. The Bertz CT molecular complexity index is 812. The molecule has 1 atom stereocenters. The second-order valence-electron chi connectivity index (χ2n) is 7.44. The number of aliphatic hydroxyl groups is 1. The van der Waals surface area contributed by atoms with Gasteiger partial charge in [-0.3, -0.25) is 4.79 Å². The smallest absolute Gasteiger partial charge is 0.258 e. The number of hydrogen-bond acceptors (Lipinski definition) is 6. The van der Waals surface area contributed by atoms with E-state index < -0.39 is 5.60 Å². The number of amides is 1. The first-order chi connectivity index (χ1) is 12.0. The van der Waals surface area contributed by atoms with Gasteiger partial charge < -0.3 is 19.4 Å². The summed E-state index contributed by atoms with van der Waals surface area (Å²) in [5.74, 6) is -0.0841. The lowest BCUT2D eigenvalue weighted by Crippen LogP contribution is -2.45. The van der Waals surface area contributed by atoms with E-state index in [0.717, 1.165) is 18.8 Å². The van der Waals surface area contributed by atoms with Gasteiger partial charge in [0.05, 0.1) is 28.8 Å². The highest BCUT2D eigenvalue weighted by molar-refractivity contribution is 6.06. The summed E-state index contributed by atoms with van der Waals surface area (Å²) in [6, 6.07) is 1.78. The first-order valence-corrected chi connectivity index (χ1v) is 8.93.